The highest BCUT2D eigenvalue weighted by atomic mass is 15.1. The van der Waals surface area contributed by atoms with E-state index < -0.39 is 0 Å². The van der Waals surface area contributed by atoms with Gasteiger partial charge in [-0.05, 0) is 39.3 Å². The third kappa shape index (κ3) is 2.47. The SMILES string of the molecule is CC(N)CCc1nc2cccnc2n1C(C)C. The summed E-state index contributed by atoms with van der Waals surface area (Å²) in [5.41, 5.74) is 7.76. The van der Waals surface area contributed by atoms with Crippen molar-refractivity contribution in [2.75, 3.05) is 0 Å². The molecular weight excluding hydrogens is 212 g/mol. The number of hydrogen-bond acceptors (Lipinski definition) is 3. The van der Waals surface area contributed by atoms with Crippen molar-refractivity contribution in [3.05, 3.63) is 24.2 Å². The van der Waals surface area contributed by atoms with Crippen LogP contribution in [0.1, 0.15) is 39.1 Å². The molecule has 1 unspecified atom stereocenters. The van der Waals surface area contributed by atoms with E-state index in [9.17, 15) is 0 Å². The van der Waals surface area contributed by atoms with Gasteiger partial charge >= 0.3 is 0 Å². The van der Waals surface area contributed by atoms with Gasteiger partial charge in [-0.3, -0.25) is 0 Å². The Morgan fingerprint density at radius 1 is 1.35 bits per heavy atom. The smallest absolute Gasteiger partial charge is 0.160 e. The number of aromatic nitrogens is 3. The van der Waals surface area contributed by atoms with Gasteiger partial charge in [0.25, 0.3) is 0 Å². The molecule has 2 rings (SSSR count). The summed E-state index contributed by atoms with van der Waals surface area (Å²) >= 11 is 0. The van der Waals surface area contributed by atoms with Crippen LogP contribution in [0.25, 0.3) is 11.2 Å². The highest BCUT2D eigenvalue weighted by Crippen LogP contribution is 2.20. The summed E-state index contributed by atoms with van der Waals surface area (Å²) in [6.07, 6.45) is 3.68. The van der Waals surface area contributed by atoms with E-state index in [0.29, 0.717) is 6.04 Å². The third-order valence-corrected chi connectivity index (χ3v) is 2.86. The van der Waals surface area contributed by atoms with E-state index in [0.717, 1.165) is 29.8 Å². The van der Waals surface area contributed by atoms with Crippen molar-refractivity contribution in [2.45, 2.75) is 45.7 Å². The molecule has 0 spiro atoms. The highest BCUT2D eigenvalue weighted by Gasteiger charge is 2.13. The van der Waals surface area contributed by atoms with Crippen LogP contribution in [0.15, 0.2) is 18.3 Å². The lowest BCUT2D eigenvalue weighted by Gasteiger charge is -2.12. The van der Waals surface area contributed by atoms with Crippen molar-refractivity contribution < 1.29 is 0 Å². The zero-order valence-electron chi connectivity index (χ0n) is 10.7. The number of rotatable bonds is 4. The summed E-state index contributed by atoms with van der Waals surface area (Å²) in [5.74, 6) is 1.09. The summed E-state index contributed by atoms with van der Waals surface area (Å²) in [6.45, 7) is 6.34. The van der Waals surface area contributed by atoms with Crippen LogP contribution >= 0.6 is 0 Å². The fraction of sp³-hybridized carbons (Fsp3) is 0.538. The maximum atomic E-state index is 5.81. The van der Waals surface area contributed by atoms with Crippen molar-refractivity contribution in [3.8, 4) is 0 Å². The summed E-state index contributed by atoms with van der Waals surface area (Å²) in [7, 11) is 0. The molecule has 0 saturated heterocycles. The Kier molecular flexibility index (Phi) is 3.43. The lowest BCUT2D eigenvalue weighted by Crippen LogP contribution is -2.17. The Morgan fingerprint density at radius 3 is 2.76 bits per heavy atom. The van der Waals surface area contributed by atoms with Crippen molar-refractivity contribution in [1.29, 1.82) is 0 Å². The predicted molar refractivity (Wildman–Crippen MR) is 69.9 cm³/mol. The molecule has 0 saturated carbocycles. The number of nitrogens with zero attached hydrogens (tertiary/aromatic N) is 3. The standard InChI is InChI=1S/C13H20N4/c1-9(2)17-12(7-6-10(3)14)16-11-5-4-8-15-13(11)17/h4-5,8-10H,6-7,14H2,1-3H3. The molecule has 0 amide bonds. The number of aryl methyl sites for hydroxylation is 1. The van der Waals surface area contributed by atoms with Crippen molar-refractivity contribution in [1.82, 2.24) is 14.5 Å². The second-order valence-corrected chi connectivity index (χ2v) is 4.85. The number of pyridine rings is 1. The van der Waals surface area contributed by atoms with Gasteiger partial charge in [0.1, 0.15) is 11.3 Å². The van der Waals surface area contributed by atoms with Gasteiger partial charge in [0.15, 0.2) is 5.65 Å². The van der Waals surface area contributed by atoms with Gasteiger partial charge in [0, 0.05) is 24.7 Å². The minimum absolute atomic E-state index is 0.211. The molecule has 2 N–H and O–H groups in total. The second-order valence-electron chi connectivity index (χ2n) is 4.85. The summed E-state index contributed by atoms with van der Waals surface area (Å²) in [5, 5.41) is 0. The van der Waals surface area contributed by atoms with Crippen LogP contribution in [0.5, 0.6) is 0 Å². The lowest BCUT2D eigenvalue weighted by molar-refractivity contribution is 0.556. The minimum Gasteiger partial charge on any atom is -0.328 e. The molecular formula is C13H20N4. The van der Waals surface area contributed by atoms with Crippen molar-refractivity contribution in [3.63, 3.8) is 0 Å². The largest absolute Gasteiger partial charge is 0.328 e. The molecule has 2 aromatic heterocycles. The number of hydrogen-bond donors (Lipinski definition) is 1. The van der Waals surface area contributed by atoms with Crippen LogP contribution < -0.4 is 5.73 Å². The van der Waals surface area contributed by atoms with Crippen molar-refractivity contribution in [2.24, 2.45) is 5.73 Å². The maximum absolute atomic E-state index is 5.81. The van der Waals surface area contributed by atoms with Crippen LogP contribution in [0, 0.1) is 0 Å². The zero-order chi connectivity index (χ0) is 12.4. The lowest BCUT2D eigenvalue weighted by atomic mass is 10.2. The Bertz CT molecular complexity index is 499. The molecule has 17 heavy (non-hydrogen) atoms. The van der Waals surface area contributed by atoms with E-state index in [1.165, 1.54) is 0 Å². The van der Waals surface area contributed by atoms with E-state index in [1.54, 1.807) is 0 Å². The molecule has 0 aliphatic carbocycles. The second kappa shape index (κ2) is 4.84. The first-order valence-corrected chi connectivity index (χ1v) is 6.17. The van der Waals surface area contributed by atoms with E-state index in [1.807, 2.05) is 25.3 Å². The van der Waals surface area contributed by atoms with Gasteiger partial charge < -0.3 is 10.3 Å². The molecule has 0 bridgehead atoms. The normalized spacial score (nSPS) is 13.5. The van der Waals surface area contributed by atoms with E-state index >= 15 is 0 Å². The molecule has 4 heteroatoms. The van der Waals surface area contributed by atoms with E-state index in [-0.39, 0.29) is 6.04 Å². The number of fused-ring (bicyclic) bond motifs is 1. The average molecular weight is 232 g/mol. The van der Waals surface area contributed by atoms with Crippen LogP contribution in [0.4, 0.5) is 0 Å². The predicted octanol–water partition coefficient (Wildman–Crippen LogP) is 2.29. The van der Waals surface area contributed by atoms with Crippen LogP contribution in [-0.2, 0) is 6.42 Å². The van der Waals surface area contributed by atoms with Gasteiger partial charge in [-0.15, -0.1) is 0 Å². The Hall–Kier alpha value is -1.42. The Labute approximate surface area is 102 Å². The first kappa shape index (κ1) is 12.0. The molecule has 2 aromatic rings. The molecule has 4 nitrogen and oxygen atoms in total. The fourth-order valence-corrected chi connectivity index (χ4v) is 2.05. The molecule has 1 atom stereocenters. The zero-order valence-corrected chi connectivity index (χ0v) is 10.7. The molecule has 92 valence electrons. The topological polar surface area (TPSA) is 56.7 Å². The van der Waals surface area contributed by atoms with E-state index in [4.69, 9.17) is 5.73 Å². The molecule has 0 aliphatic heterocycles. The first-order chi connectivity index (χ1) is 8.09. The fourth-order valence-electron chi connectivity index (χ4n) is 2.05. The molecule has 0 aliphatic rings. The van der Waals surface area contributed by atoms with Gasteiger partial charge in [0.05, 0.1) is 0 Å². The Balaban J connectivity index is 2.43. The van der Waals surface area contributed by atoms with Crippen LogP contribution in [0.3, 0.4) is 0 Å². The molecule has 0 fully saturated rings. The quantitative estimate of drug-likeness (QED) is 0.880. The van der Waals surface area contributed by atoms with Crippen LogP contribution in [-0.4, -0.2) is 20.6 Å². The summed E-state index contributed by atoms with van der Waals surface area (Å²) in [4.78, 5) is 9.07. The van der Waals surface area contributed by atoms with Gasteiger partial charge in [-0.25, -0.2) is 9.97 Å². The molecule has 2 heterocycles. The summed E-state index contributed by atoms with van der Waals surface area (Å²) in [6, 6.07) is 4.52. The third-order valence-electron chi connectivity index (χ3n) is 2.86. The van der Waals surface area contributed by atoms with Gasteiger partial charge in [0.2, 0.25) is 0 Å². The minimum atomic E-state index is 0.211. The van der Waals surface area contributed by atoms with Crippen LogP contribution in [0.2, 0.25) is 0 Å². The number of nitrogens with two attached hydrogens (primary N) is 1. The average Bonchev–Trinajstić information content (AvgIpc) is 2.64. The highest BCUT2D eigenvalue weighted by molar-refractivity contribution is 5.71. The first-order valence-electron chi connectivity index (χ1n) is 6.17. The Morgan fingerprint density at radius 2 is 2.12 bits per heavy atom. The molecule has 0 aromatic carbocycles. The maximum Gasteiger partial charge on any atom is 0.160 e. The monoisotopic (exact) mass is 232 g/mol. The molecule has 0 radical (unpaired) electrons. The van der Waals surface area contributed by atoms with Crippen molar-refractivity contribution >= 4 is 11.2 Å². The summed E-state index contributed by atoms with van der Waals surface area (Å²) < 4.78 is 2.21. The van der Waals surface area contributed by atoms with E-state index in [2.05, 4.69) is 28.4 Å². The van der Waals surface area contributed by atoms with Gasteiger partial charge in [-0.2, -0.15) is 0 Å². The number of imidazole rings is 1. The van der Waals surface area contributed by atoms with Gasteiger partial charge in [-0.1, -0.05) is 0 Å².